The third-order valence-electron chi connectivity index (χ3n) is 1.88. The number of hydrogen-bond donors (Lipinski definition) is 1. The van der Waals surface area contributed by atoms with Gasteiger partial charge in [0.2, 0.25) is 0 Å². The van der Waals surface area contributed by atoms with Crippen LogP contribution in [0.25, 0.3) is 10.1 Å². The molecule has 0 saturated carbocycles. The molecule has 13 heavy (non-hydrogen) atoms. The van der Waals surface area contributed by atoms with Crippen LogP contribution >= 0.6 is 62.5 Å². The zero-order chi connectivity index (χ0) is 9.42. The van der Waals surface area contributed by atoms with Crippen molar-refractivity contribution in [1.82, 2.24) is 0 Å². The van der Waals surface area contributed by atoms with Gasteiger partial charge in [-0.05, 0) is 45.7 Å². The molecule has 2 rings (SSSR count). The second-order valence-corrected chi connectivity index (χ2v) is 5.75. The monoisotopic (exact) mass is 384 g/mol. The van der Waals surface area contributed by atoms with E-state index in [9.17, 15) is 0 Å². The van der Waals surface area contributed by atoms with Crippen molar-refractivity contribution < 1.29 is 0 Å². The molecule has 0 fully saturated rings. The molecule has 0 bridgehead atoms. The molecule has 0 aliphatic heterocycles. The topological polar surface area (TPSA) is 0 Å². The quantitative estimate of drug-likeness (QED) is 0.411. The van der Waals surface area contributed by atoms with E-state index in [-0.39, 0.29) is 0 Å². The molecule has 0 saturated heterocycles. The summed E-state index contributed by atoms with van der Waals surface area (Å²) >= 11 is 12.1. The van der Waals surface area contributed by atoms with Gasteiger partial charge in [-0.15, -0.1) is 24.0 Å². The highest BCUT2D eigenvalue weighted by Crippen LogP contribution is 2.34. The van der Waals surface area contributed by atoms with Crippen molar-refractivity contribution in [3.63, 3.8) is 0 Å². The minimum Gasteiger partial charge on any atom is -0.143 e. The highest BCUT2D eigenvalue weighted by atomic mass is 127. The molecule has 0 aliphatic carbocycles. The van der Waals surface area contributed by atoms with Crippen LogP contribution in [-0.2, 0) is 5.33 Å². The molecule has 0 nitrogen and oxygen atoms in total. The molecule has 0 amide bonds. The first-order valence-electron chi connectivity index (χ1n) is 3.67. The van der Waals surface area contributed by atoms with Crippen LogP contribution in [0.15, 0.2) is 22.4 Å². The Morgan fingerprint density at radius 1 is 1.54 bits per heavy atom. The molecule has 68 valence electrons. The molecule has 0 radical (unpaired) electrons. The zero-order valence-electron chi connectivity index (χ0n) is 6.55. The molecule has 1 heterocycles. The van der Waals surface area contributed by atoms with Gasteiger partial charge >= 0.3 is 0 Å². The maximum absolute atomic E-state index is 4.50. The second kappa shape index (κ2) is 4.08. The molecule has 4 heteroatoms. The molecule has 0 N–H and O–H groups in total. The van der Waals surface area contributed by atoms with E-state index >= 15 is 0 Å². The van der Waals surface area contributed by atoms with Gasteiger partial charge in [-0.3, -0.25) is 0 Å². The fourth-order valence-corrected chi connectivity index (χ4v) is 3.80. The lowest BCUT2D eigenvalue weighted by Gasteiger charge is -2.03. The average Bonchev–Trinajstić information content (AvgIpc) is 2.60. The van der Waals surface area contributed by atoms with Crippen molar-refractivity contribution in [3.05, 3.63) is 26.6 Å². The molecule has 0 atom stereocenters. The van der Waals surface area contributed by atoms with Gasteiger partial charge in [0.25, 0.3) is 0 Å². The minimum absolute atomic E-state index is 0.911. The van der Waals surface area contributed by atoms with Crippen molar-refractivity contribution in [2.45, 2.75) is 10.2 Å². The molecular weight excluding hydrogens is 379 g/mol. The van der Waals surface area contributed by atoms with E-state index in [4.69, 9.17) is 0 Å². The second-order valence-electron chi connectivity index (χ2n) is 2.66. The zero-order valence-corrected chi connectivity index (χ0v) is 12.0. The van der Waals surface area contributed by atoms with E-state index in [0.717, 1.165) is 10.2 Å². The van der Waals surface area contributed by atoms with Crippen molar-refractivity contribution in [2.24, 2.45) is 0 Å². The molecule has 1 aromatic carbocycles. The van der Waals surface area contributed by atoms with Crippen molar-refractivity contribution >= 4 is 72.6 Å². The van der Waals surface area contributed by atoms with Crippen molar-refractivity contribution in [3.8, 4) is 0 Å². The average molecular weight is 385 g/mol. The molecule has 1 aromatic heterocycles. The summed E-state index contributed by atoms with van der Waals surface area (Å²) in [5.74, 6) is 0. The van der Waals surface area contributed by atoms with E-state index in [1.165, 1.54) is 19.2 Å². The Labute approximate surface area is 108 Å². The smallest absolute Gasteiger partial charge is 0.0395 e. The number of fused-ring (bicyclic) bond motifs is 1. The van der Waals surface area contributed by atoms with Gasteiger partial charge < -0.3 is 0 Å². The van der Waals surface area contributed by atoms with E-state index in [0.29, 0.717) is 0 Å². The number of thiophene rings is 1. The van der Waals surface area contributed by atoms with Crippen LogP contribution in [-0.4, -0.2) is 0 Å². The van der Waals surface area contributed by atoms with Gasteiger partial charge in [0.1, 0.15) is 0 Å². The fraction of sp³-hybridized carbons (Fsp3) is 0.111. The lowest BCUT2D eigenvalue weighted by atomic mass is 10.2. The van der Waals surface area contributed by atoms with Gasteiger partial charge in [-0.2, -0.15) is 0 Å². The summed E-state index contributed by atoms with van der Waals surface area (Å²) < 4.78 is 2.57. The first kappa shape index (κ1) is 10.3. The number of rotatable bonds is 1. The number of hydrogen-bond acceptors (Lipinski definition) is 2. The first-order chi connectivity index (χ1) is 6.24. The Morgan fingerprint density at radius 3 is 3.00 bits per heavy atom. The summed E-state index contributed by atoms with van der Waals surface area (Å²) in [4.78, 5) is 1.10. The van der Waals surface area contributed by atoms with Gasteiger partial charge in [-0.25, -0.2) is 0 Å². The summed E-state index contributed by atoms with van der Waals surface area (Å²) in [6.07, 6.45) is 0. The molecule has 0 aliphatic rings. The molecule has 0 spiro atoms. The van der Waals surface area contributed by atoms with Gasteiger partial charge in [-0.1, -0.05) is 15.9 Å². The maximum atomic E-state index is 4.50. The van der Waals surface area contributed by atoms with Crippen LogP contribution in [0, 0.1) is 3.57 Å². The lowest BCUT2D eigenvalue weighted by molar-refractivity contribution is 1.42. The predicted molar refractivity (Wildman–Crippen MR) is 74.4 cm³/mol. The van der Waals surface area contributed by atoms with E-state index < -0.39 is 0 Å². The highest BCUT2D eigenvalue weighted by molar-refractivity contribution is 14.1. The fourth-order valence-electron chi connectivity index (χ4n) is 1.26. The Hall–Kier alpha value is 0.740. The van der Waals surface area contributed by atoms with Crippen LogP contribution in [0.5, 0.6) is 0 Å². The van der Waals surface area contributed by atoms with Gasteiger partial charge in [0.15, 0.2) is 0 Å². The van der Waals surface area contributed by atoms with Gasteiger partial charge in [0, 0.05) is 23.9 Å². The number of halogens is 2. The lowest BCUT2D eigenvalue weighted by Crippen LogP contribution is -1.83. The third kappa shape index (κ3) is 1.78. The van der Waals surface area contributed by atoms with Crippen molar-refractivity contribution in [2.75, 3.05) is 0 Å². The SMILES string of the molecule is Sc1c(I)cc(CBr)c2sccc12. The molecule has 0 unspecified atom stereocenters. The Balaban J connectivity index is 2.87. The van der Waals surface area contributed by atoms with Crippen LogP contribution < -0.4 is 0 Å². The van der Waals surface area contributed by atoms with Crippen LogP contribution in [0.1, 0.15) is 5.56 Å². The summed E-state index contributed by atoms with van der Waals surface area (Å²) in [7, 11) is 0. The highest BCUT2D eigenvalue weighted by Gasteiger charge is 2.07. The van der Waals surface area contributed by atoms with Crippen LogP contribution in [0.2, 0.25) is 0 Å². The summed E-state index contributed by atoms with van der Waals surface area (Å²) in [5, 5.41) is 4.30. The molecular formula is C9H6BrIS2. The Bertz CT molecular complexity index is 450. The third-order valence-corrected chi connectivity index (χ3v) is 5.24. The summed E-state index contributed by atoms with van der Waals surface area (Å²) in [6.45, 7) is 0. The van der Waals surface area contributed by atoms with Crippen LogP contribution in [0.3, 0.4) is 0 Å². The standard InChI is InChI=1S/C9H6BrIS2/c10-4-5-3-7(11)8(12)6-1-2-13-9(5)6/h1-3,12H,4H2. The maximum Gasteiger partial charge on any atom is 0.0395 e. The summed E-state index contributed by atoms with van der Waals surface area (Å²) in [5.41, 5.74) is 1.35. The summed E-state index contributed by atoms with van der Waals surface area (Å²) in [6, 6.07) is 4.33. The predicted octanol–water partition coefficient (Wildman–Crippen LogP) is 4.69. The number of thiol groups is 1. The normalized spacial score (nSPS) is 11.0. The minimum atomic E-state index is 0.911. The Kier molecular flexibility index (Phi) is 3.22. The number of alkyl halides is 1. The Morgan fingerprint density at radius 2 is 2.31 bits per heavy atom. The van der Waals surface area contributed by atoms with E-state index in [2.05, 4.69) is 68.7 Å². The van der Waals surface area contributed by atoms with Crippen molar-refractivity contribution in [1.29, 1.82) is 0 Å². The van der Waals surface area contributed by atoms with E-state index in [1.807, 2.05) is 0 Å². The molecule has 2 aromatic rings. The van der Waals surface area contributed by atoms with Gasteiger partial charge in [0.05, 0.1) is 0 Å². The van der Waals surface area contributed by atoms with Crippen LogP contribution in [0.4, 0.5) is 0 Å². The number of benzene rings is 1. The first-order valence-corrected chi connectivity index (χ1v) is 7.20. The largest absolute Gasteiger partial charge is 0.143 e. The van der Waals surface area contributed by atoms with E-state index in [1.54, 1.807) is 11.3 Å².